The summed E-state index contributed by atoms with van der Waals surface area (Å²) in [6.45, 7) is 0.927. The third kappa shape index (κ3) is 2.40. The fourth-order valence-corrected chi connectivity index (χ4v) is 3.62. The van der Waals surface area contributed by atoms with E-state index in [-0.39, 0.29) is 5.41 Å². The fourth-order valence-electron chi connectivity index (χ4n) is 3.62. The number of hydrogen-bond acceptors (Lipinski definition) is 2. The highest BCUT2D eigenvalue weighted by atomic mass is 16.5. The number of fused-ring (bicyclic) bond motifs is 1. The van der Waals surface area contributed by atoms with Crippen LogP contribution in [0.3, 0.4) is 0 Å². The molecule has 1 aromatic rings. The maximum atomic E-state index is 9.67. The summed E-state index contributed by atoms with van der Waals surface area (Å²) in [5.74, 6) is 0. The van der Waals surface area contributed by atoms with Gasteiger partial charge in [-0.1, -0.05) is 24.3 Å². The van der Waals surface area contributed by atoms with Gasteiger partial charge in [-0.05, 0) is 56.1 Å². The van der Waals surface area contributed by atoms with Crippen molar-refractivity contribution >= 4 is 0 Å². The number of benzene rings is 1. The van der Waals surface area contributed by atoms with Gasteiger partial charge < -0.3 is 4.74 Å². The minimum absolute atomic E-state index is 0.227. The molecule has 1 aromatic carbocycles. The van der Waals surface area contributed by atoms with Gasteiger partial charge in [-0.2, -0.15) is 5.26 Å². The lowest BCUT2D eigenvalue weighted by Crippen LogP contribution is -2.21. The molecule has 3 rings (SSSR count). The largest absolute Gasteiger partial charge is 0.378 e. The molecule has 1 heterocycles. The Morgan fingerprint density at radius 2 is 2.26 bits per heavy atom. The lowest BCUT2D eigenvalue weighted by molar-refractivity contribution is 0.101. The molecule has 0 spiro atoms. The quantitative estimate of drug-likeness (QED) is 0.821. The standard InChI is InChI=1S/C17H21NO/c18-13-17(10-3-6-15-7-4-12-19-15)11-9-14-5-1-2-8-16(14)17/h1-2,5,8,15H,3-4,6-7,9-12H2. The number of ether oxygens (including phenoxy) is 1. The van der Waals surface area contributed by atoms with Gasteiger partial charge >= 0.3 is 0 Å². The normalized spacial score (nSPS) is 29.1. The number of nitrogens with zero attached hydrogens (tertiary/aromatic N) is 1. The van der Waals surface area contributed by atoms with Gasteiger partial charge in [0.05, 0.1) is 17.6 Å². The summed E-state index contributed by atoms with van der Waals surface area (Å²) >= 11 is 0. The minimum Gasteiger partial charge on any atom is -0.378 e. The van der Waals surface area contributed by atoms with E-state index in [0.29, 0.717) is 6.10 Å². The summed E-state index contributed by atoms with van der Waals surface area (Å²) in [5, 5.41) is 9.67. The molecule has 2 nitrogen and oxygen atoms in total. The van der Waals surface area contributed by atoms with Gasteiger partial charge in [-0.15, -0.1) is 0 Å². The van der Waals surface area contributed by atoms with E-state index in [1.54, 1.807) is 0 Å². The number of hydrogen-bond donors (Lipinski definition) is 0. The first-order valence-corrected chi connectivity index (χ1v) is 7.45. The molecule has 0 aromatic heterocycles. The van der Waals surface area contributed by atoms with E-state index in [4.69, 9.17) is 4.74 Å². The monoisotopic (exact) mass is 255 g/mol. The van der Waals surface area contributed by atoms with Gasteiger partial charge in [0.2, 0.25) is 0 Å². The number of nitriles is 1. The lowest BCUT2D eigenvalue weighted by atomic mass is 9.78. The summed E-state index contributed by atoms with van der Waals surface area (Å²) in [7, 11) is 0. The van der Waals surface area contributed by atoms with Crippen molar-refractivity contribution in [1.29, 1.82) is 5.26 Å². The molecule has 0 amide bonds. The van der Waals surface area contributed by atoms with E-state index in [1.165, 1.54) is 24.0 Å². The highest BCUT2D eigenvalue weighted by Crippen LogP contribution is 2.42. The average molecular weight is 255 g/mol. The summed E-state index contributed by atoms with van der Waals surface area (Å²) in [6, 6.07) is 11.1. The third-order valence-corrected chi connectivity index (χ3v) is 4.72. The molecule has 1 aliphatic carbocycles. The van der Waals surface area contributed by atoms with Crippen molar-refractivity contribution in [3.05, 3.63) is 35.4 Å². The van der Waals surface area contributed by atoms with Crippen LogP contribution in [0.4, 0.5) is 0 Å². The lowest BCUT2D eigenvalue weighted by Gasteiger charge is -2.22. The number of aryl methyl sites for hydroxylation is 1. The second-order valence-corrected chi connectivity index (χ2v) is 5.88. The van der Waals surface area contributed by atoms with Crippen LogP contribution in [0.25, 0.3) is 0 Å². The van der Waals surface area contributed by atoms with Crippen LogP contribution in [-0.4, -0.2) is 12.7 Å². The summed E-state index contributed by atoms with van der Waals surface area (Å²) < 4.78 is 5.67. The van der Waals surface area contributed by atoms with Crippen LogP contribution in [0, 0.1) is 11.3 Å². The van der Waals surface area contributed by atoms with E-state index in [2.05, 4.69) is 30.3 Å². The molecule has 1 aliphatic heterocycles. The Balaban J connectivity index is 1.66. The highest BCUT2D eigenvalue weighted by Gasteiger charge is 2.38. The first-order chi connectivity index (χ1) is 9.34. The molecule has 0 saturated carbocycles. The van der Waals surface area contributed by atoms with E-state index < -0.39 is 0 Å². The van der Waals surface area contributed by atoms with Crippen molar-refractivity contribution in [3.63, 3.8) is 0 Å². The van der Waals surface area contributed by atoms with Crippen molar-refractivity contribution in [3.8, 4) is 6.07 Å². The van der Waals surface area contributed by atoms with Gasteiger partial charge in [-0.25, -0.2) is 0 Å². The predicted octanol–water partition coefficient (Wildman–Crippen LogP) is 3.74. The van der Waals surface area contributed by atoms with Gasteiger partial charge in [0.15, 0.2) is 0 Å². The van der Waals surface area contributed by atoms with Crippen LogP contribution in [-0.2, 0) is 16.6 Å². The Labute approximate surface area is 115 Å². The molecular weight excluding hydrogens is 234 g/mol. The topological polar surface area (TPSA) is 33.0 Å². The van der Waals surface area contributed by atoms with E-state index in [9.17, 15) is 5.26 Å². The molecular formula is C17H21NO. The van der Waals surface area contributed by atoms with Crippen LogP contribution in [0.1, 0.15) is 49.7 Å². The highest BCUT2D eigenvalue weighted by molar-refractivity contribution is 5.43. The Morgan fingerprint density at radius 1 is 1.37 bits per heavy atom. The molecule has 0 bridgehead atoms. The molecule has 2 atom stereocenters. The van der Waals surface area contributed by atoms with Crippen LogP contribution >= 0.6 is 0 Å². The first-order valence-electron chi connectivity index (χ1n) is 7.45. The summed E-state index contributed by atoms with van der Waals surface area (Å²) in [4.78, 5) is 0. The Kier molecular flexibility index (Phi) is 3.57. The molecule has 2 heteroatoms. The zero-order chi connectivity index (χ0) is 13.1. The van der Waals surface area contributed by atoms with E-state index in [0.717, 1.165) is 38.7 Å². The zero-order valence-corrected chi connectivity index (χ0v) is 11.4. The van der Waals surface area contributed by atoms with Gasteiger partial charge in [0.25, 0.3) is 0 Å². The Morgan fingerprint density at radius 3 is 3.05 bits per heavy atom. The fraction of sp³-hybridized carbons (Fsp3) is 0.588. The maximum absolute atomic E-state index is 9.67. The molecule has 0 N–H and O–H groups in total. The maximum Gasteiger partial charge on any atom is 0.0828 e. The van der Waals surface area contributed by atoms with Crippen molar-refractivity contribution in [2.75, 3.05) is 6.61 Å². The second-order valence-electron chi connectivity index (χ2n) is 5.88. The summed E-state index contributed by atoms with van der Waals surface area (Å²) in [5.41, 5.74) is 2.43. The van der Waals surface area contributed by atoms with Crippen molar-refractivity contribution in [2.24, 2.45) is 0 Å². The molecule has 0 radical (unpaired) electrons. The molecule has 2 aliphatic rings. The molecule has 100 valence electrons. The number of rotatable bonds is 4. The van der Waals surface area contributed by atoms with Gasteiger partial charge in [0, 0.05) is 6.61 Å². The van der Waals surface area contributed by atoms with Crippen LogP contribution in [0.15, 0.2) is 24.3 Å². The van der Waals surface area contributed by atoms with Gasteiger partial charge in [-0.3, -0.25) is 0 Å². The minimum atomic E-state index is -0.227. The second kappa shape index (κ2) is 5.35. The van der Waals surface area contributed by atoms with Crippen LogP contribution in [0.2, 0.25) is 0 Å². The van der Waals surface area contributed by atoms with Gasteiger partial charge in [0.1, 0.15) is 0 Å². The molecule has 1 saturated heterocycles. The average Bonchev–Trinajstić information content (AvgIpc) is 3.08. The van der Waals surface area contributed by atoms with Crippen LogP contribution in [0.5, 0.6) is 0 Å². The summed E-state index contributed by atoms with van der Waals surface area (Å²) in [6.07, 6.45) is 8.12. The van der Waals surface area contributed by atoms with Crippen molar-refractivity contribution in [2.45, 2.75) is 56.5 Å². The Hall–Kier alpha value is -1.33. The molecule has 2 unspecified atom stereocenters. The zero-order valence-electron chi connectivity index (χ0n) is 11.4. The SMILES string of the molecule is N#CC1(CCCC2CCCO2)CCc2ccccc21. The first kappa shape index (κ1) is 12.7. The van der Waals surface area contributed by atoms with Crippen LogP contribution < -0.4 is 0 Å². The smallest absolute Gasteiger partial charge is 0.0828 e. The molecule has 1 fully saturated rings. The third-order valence-electron chi connectivity index (χ3n) is 4.72. The van der Waals surface area contributed by atoms with Crippen molar-refractivity contribution < 1.29 is 4.74 Å². The van der Waals surface area contributed by atoms with E-state index >= 15 is 0 Å². The Bertz CT molecular complexity index is 484. The van der Waals surface area contributed by atoms with Crippen molar-refractivity contribution in [1.82, 2.24) is 0 Å². The molecule has 19 heavy (non-hydrogen) atoms. The predicted molar refractivity (Wildman–Crippen MR) is 74.9 cm³/mol. The van der Waals surface area contributed by atoms with E-state index in [1.807, 2.05) is 0 Å².